The number of aromatic nitrogens is 1. The lowest BCUT2D eigenvalue weighted by atomic mass is 10.3. The van der Waals surface area contributed by atoms with Gasteiger partial charge in [-0.25, -0.2) is 4.98 Å². The lowest BCUT2D eigenvalue weighted by Gasteiger charge is -1.96. The van der Waals surface area contributed by atoms with Crippen LogP contribution in [0.15, 0.2) is 12.3 Å². The molecule has 0 aliphatic heterocycles. The highest BCUT2D eigenvalue weighted by Gasteiger charge is 1.96. The van der Waals surface area contributed by atoms with Crippen molar-refractivity contribution < 1.29 is 0 Å². The first-order valence-corrected chi connectivity index (χ1v) is 3.72. The number of rotatable bonds is 0. The second kappa shape index (κ2) is 3.96. The van der Waals surface area contributed by atoms with Gasteiger partial charge in [0, 0.05) is 6.20 Å². The van der Waals surface area contributed by atoms with Crippen molar-refractivity contribution in [2.75, 3.05) is 12.3 Å². The van der Waals surface area contributed by atoms with Gasteiger partial charge in [0.05, 0.1) is 17.3 Å². The molecular weight excluding hydrogens is 174 g/mol. The second-order valence-electron chi connectivity index (χ2n) is 2.10. The zero-order chi connectivity index (χ0) is 8.97. The highest BCUT2D eigenvalue weighted by atomic mass is 35.5. The third-order valence-electron chi connectivity index (χ3n) is 1.19. The molecule has 0 bridgehead atoms. The average Bonchev–Trinajstić information content (AvgIpc) is 2.03. The Balaban J connectivity index is 3.01. The number of pyridine rings is 1. The maximum atomic E-state index is 5.64. The summed E-state index contributed by atoms with van der Waals surface area (Å²) in [5, 5.41) is 0.505. The second-order valence-corrected chi connectivity index (χ2v) is 2.53. The predicted molar refractivity (Wildman–Crippen MR) is 49.6 cm³/mol. The minimum atomic E-state index is 0.295. The van der Waals surface area contributed by atoms with Crippen LogP contribution in [0.5, 0.6) is 0 Å². The molecule has 0 atom stereocenters. The number of hydrogen-bond acceptors (Lipinski definition) is 3. The quantitative estimate of drug-likeness (QED) is 0.577. The Hall–Kier alpha value is -1.24. The van der Waals surface area contributed by atoms with Crippen LogP contribution in [0.3, 0.4) is 0 Å². The molecule has 0 radical (unpaired) electrons. The molecular formula is C8H8ClN3. The van der Waals surface area contributed by atoms with Crippen LogP contribution in [0.2, 0.25) is 5.02 Å². The van der Waals surface area contributed by atoms with Gasteiger partial charge in [0.25, 0.3) is 0 Å². The Kier molecular flexibility index (Phi) is 2.92. The van der Waals surface area contributed by atoms with Gasteiger partial charge in [0.2, 0.25) is 0 Å². The number of halogens is 1. The van der Waals surface area contributed by atoms with Gasteiger partial charge in [-0.2, -0.15) is 0 Å². The van der Waals surface area contributed by atoms with E-state index in [1.54, 1.807) is 6.07 Å². The van der Waals surface area contributed by atoms with Crippen LogP contribution in [0, 0.1) is 11.8 Å². The summed E-state index contributed by atoms with van der Waals surface area (Å²) in [6.07, 6.45) is 1.50. The molecule has 62 valence electrons. The topological polar surface area (TPSA) is 64.9 Å². The standard InChI is InChI=1S/C8H8ClN3/c9-6-4-7(11)8(12-5-6)2-1-3-10/h4-5H,3,10-11H2. The summed E-state index contributed by atoms with van der Waals surface area (Å²) in [6.45, 7) is 0.295. The van der Waals surface area contributed by atoms with E-state index in [0.717, 1.165) is 0 Å². The van der Waals surface area contributed by atoms with Gasteiger partial charge in [-0.15, -0.1) is 0 Å². The zero-order valence-corrected chi connectivity index (χ0v) is 7.10. The molecule has 1 rings (SSSR count). The molecule has 4 N–H and O–H groups in total. The smallest absolute Gasteiger partial charge is 0.136 e. The van der Waals surface area contributed by atoms with Crippen molar-refractivity contribution in [3.05, 3.63) is 23.0 Å². The molecule has 0 fully saturated rings. The van der Waals surface area contributed by atoms with E-state index in [1.165, 1.54) is 6.20 Å². The van der Waals surface area contributed by atoms with Crippen molar-refractivity contribution in [1.82, 2.24) is 4.98 Å². The predicted octanol–water partition coefficient (Wildman–Crippen LogP) is 0.627. The van der Waals surface area contributed by atoms with E-state index in [0.29, 0.717) is 22.9 Å². The van der Waals surface area contributed by atoms with Crippen LogP contribution in [0.1, 0.15) is 5.69 Å². The van der Waals surface area contributed by atoms with E-state index in [2.05, 4.69) is 16.8 Å². The molecule has 1 aromatic heterocycles. The lowest BCUT2D eigenvalue weighted by Crippen LogP contribution is -1.96. The maximum Gasteiger partial charge on any atom is 0.136 e. The van der Waals surface area contributed by atoms with Crippen molar-refractivity contribution in [2.24, 2.45) is 5.73 Å². The molecule has 0 saturated carbocycles. The van der Waals surface area contributed by atoms with Crippen molar-refractivity contribution in [1.29, 1.82) is 0 Å². The minimum absolute atomic E-state index is 0.295. The Morgan fingerprint density at radius 3 is 2.92 bits per heavy atom. The molecule has 0 aliphatic rings. The molecule has 0 amide bonds. The average molecular weight is 182 g/mol. The molecule has 0 aliphatic carbocycles. The number of nitrogens with zero attached hydrogens (tertiary/aromatic N) is 1. The van der Waals surface area contributed by atoms with Gasteiger partial charge in [-0.1, -0.05) is 17.5 Å². The molecule has 4 heteroatoms. The fraction of sp³-hybridized carbons (Fsp3) is 0.125. The third kappa shape index (κ3) is 2.12. The molecule has 1 aromatic rings. The van der Waals surface area contributed by atoms with E-state index >= 15 is 0 Å². The first kappa shape index (κ1) is 8.85. The normalized spacial score (nSPS) is 8.83. The lowest BCUT2D eigenvalue weighted by molar-refractivity contribution is 1.27. The molecule has 0 unspecified atom stereocenters. The largest absolute Gasteiger partial charge is 0.396 e. The van der Waals surface area contributed by atoms with Gasteiger partial charge in [0.15, 0.2) is 0 Å². The van der Waals surface area contributed by atoms with Crippen molar-refractivity contribution in [2.45, 2.75) is 0 Å². The molecule has 0 spiro atoms. The SMILES string of the molecule is NCC#Cc1ncc(Cl)cc1N. The van der Waals surface area contributed by atoms with Gasteiger partial charge in [-0.05, 0) is 12.0 Å². The van der Waals surface area contributed by atoms with Crippen LogP contribution in [-0.2, 0) is 0 Å². The Labute approximate surface area is 75.7 Å². The van der Waals surface area contributed by atoms with Crippen LogP contribution < -0.4 is 11.5 Å². The van der Waals surface area contributed by atoms with E-state index in [9.17, 15) is 0 Å². The van der Waals surface area contributed by atoms with Gasteiger partial charge < -0.3 is 11.5 Å². The van der Waals surface area contributed by atoms with Crippen LogP contribution >= 0.6 is 11.6 Å². The Bertz CT molecular complexity index is 338. The van der Waals surface area contributed by atoms with Gasteiger partial charge >= 0.3 is 0 Å². The van der Waals surface area contributed by atoms with Crippen LogP contribution in [0.25, 0.3) is 0 Å². The first-order chi connectivity index (χ1) is 5.74. The van der Waals surface area contributed by atoms with E-state index in [4.69, 9.17) is 23.1 Å². The number of hydrogen-bond donors (Lipinski definition) is 2. The van der Waals surface area contributed by atoms with Crippen molar-refractivity contribution in [3.63, 3.8) is 0 Å². The summed E-state index contributed by atoms with van der Waals surface area (Å²) in [5.74, 6) is 5.39. The summed E-state index contributed by atoms with van der Waals surface area (Å²) in [5.41, 5.74) is 11.8. The van der Waals surface area contributed by atoms with E-state index in [-0.39, 0.29) is 0 Å². The Morgan fingerprint density at radius 1 is 1.58 bits per heavy atom. The third-order valence-corrected chi connectivity index (χ3v) is 1.40. The number of nitrogen functional groups attached to an aromatic ring is 1. The highest BCUT2D eigenvalue weighted by Crippen LogP contribution is 2.13. The molecule has 3 nitrogen and oxygen atoms in total. The summed E-state index contributed by atoms with van der Waals surface area (Å²) in [6, 6.07) is 1.61. The highest BCUT2D eigenvalue weighted by molar-refractivity contribution is 6.30. The Morgan fingerprint density at radius 2 is 2.33 bits per heavy atom. The van der Waals surface area contributed by atoms with Crippen molar-refractivity contribution in [3.8, 4) is 11.8 Å². The molecule has 0 saturated heterocycles. The van der Waals surface area contributed by atoms with E-state index in [1.807, 2.05) is 0 Å². The summed E-state index contributed by atoms with van der Waals surface area (Å²) < 4.78 is 0. The monoisotopic (exact) mass is 181 g/mol. The molecule has 0 aromatic carbocycles. The number of nitrogens with two attached hydrogens (primary N) is 2. The fourth-order valence-corrected chi connectivity index (χ4v) is 0.860. The molecule has 12 heavy (non-hydrogen) atoms. The zero-order valence-electron chi connectivity index (χ0n) is 6.34. The fourth-order valence-electron chi connectivity index (χ4n) is 0.694. The summed E-state index contributed by atoms with van der Waals surface area (Å²) in [4.78, 5) is 3.93. The van der Waals surface area contributed by atoms with Gasteiger partial charge in [0.1, 0.15) is 5.69 Å². The molecule has 1 heterocycles. The summed E-state index contributed by atoms with van der Waals surface area (Å²) >= 11 is 5.64. The van der Waals surface area contributed by atoms with Crippen molar-refractivity contribution >= 4 is 17.3 Å². The maximum absolute atomic E-state index is 5.64. The van der Waals surface area contributed by atoms with Gasteiger partial charge in [-0.3, -0.25) is 0 Å². The van der Waals surface area contributed by atoms with Crippen LogP contribution in [0.4, 0.5) is 5.69 Å². The number of anilines is 1. The summed E-state index contributed by atoms with van der Waals surface area (Å²) in [7, 11) is 0. The first-order valence-electron chi connectivity index (χ1n) is 3.34. The van der Waals surface area contributed by atoms with E-state index < -0.39 is 0 Å². The minimum Gasteiger partial charge on any atom is -0.396 e. The van der Waals surface area contributed by atoms with Crippen LogP contribution in [-0.4, -0.2) is 11.5 Å².